The second-order valence-corrected chi connectivity index (χ2v) is 18.1. The Morgan fingerprint density at radius 3 is 1.86 bits per heavy atom. The van der Waals surface area contributed by atoms with Crippen molar-refractivity contribution in [3.63, 3.8) is 0 Å². The number of hydrogen-bond donors (Lipinski definition) is 4. The molecule has 0 bridgehead atoms. The van der Waals surface area contributed by atoms with Gasteiger partial charge in [-0.05, 0) is 65.0 Å². The van der Waals surface area contributed by atoms with E-state index in [-0.39, 0.29) is 46.2 Å². The molecule has 0 radical (unpaired) electrons. The van der Waals surface area contributed by atoms with E-state index in [1.807, 2.05) is 50.0 Å². The molecule has 13 nitrogen and oxygen atoms in total. The third kappa shape index (κ3) is 9.47. The number of allylic oxidation sites excluding steroid dienone is 1. The van der Waals surface area contributed by atoms with E-state index >= 15 is 0 Å². The van der Waals surface area contributed by atoms with Crippen LogP contribution in [0.1, 0.15) is 64.4 Å². The van der Waals surface area contributed by atoms with Crippen LogP contribution >= 0.6 is 23.5 Å². The first-order chi connectivity index (χ1) is 27.8. The van der Waals surface area contributed by atoms with Gasteiger partial charge in [0.2, 0.25) is 17.7 Å². The third-order valence-electron chi connectivity index (χ3n) is 11.4. The summed E-state index contributed by atoms with van der Waals surface area (Å²) < 4.78 is 4.80. The van der Waals surface area contributed by atoms with E-state index in [1.54, 1.807) is 29.7 Å². The fraction of sp³-hybridized carbons (Fsp3) is 0.488. The quantitative estimate of drug-likeness (QED) is 0.157. The second-order valence-electron chi connectivity index (χ2n) is 15.8. The summed E-state index contributed by atoms with van der Waals surface area (Å²) in [5, 5.41) is 15.3. The minimum atomic E-state index is -0.741. The SMILES string of the molecule is COC(=O)N[C@H](C(=O)N1C[C@@H](SC)C[C@H]1C1=NC=C(c2ccc(-c3ccc(-c4cnc([C@@H]5C[C@H](SC)CN5C(=O)[C@@H](NC(=O)CO)C(C)C)[nH]4)cc3)cc2)C1)C(C)C. The number of rotatable bonds is 14. The zero-order valence-corrected chi connectivity index (χ0v) is 35.9. The average Bonchev–Trinajstić information content (AvgIpc) is 4.07. The van der Waals surface area contributed by atoms with Crippen molar-refractivity contribution in [3.8, 4) is 22.4 Å². The molecule has 310 valence electrons. The lowest BCUT2D eigenvalue weighted by Gasteiger charge is -2.31. The van der Waals surface area contributed by atoms with Gasteiger partial charge in [0.25, 0.3) is 0 Å². The van der Waals surface area contributed by atoms with Crippen LogP contribution in [0.5, 0.6) is 0 Å². The van der Waals surface area contributed by atoms with E-state index in [0.29, 0.717) is 25.3 Å². The molecule has 4 amide bonds. The minimum absolute atomic E-state index is 0.104. The van der Waals surface area contributed by atoms with Crippen molar-refractivity contribution in [2.75, 3.05) is 39.3 Å². The summed E-state index contributed by atoms with van der Waals surface area (Å²) in [5.41, 5.74) is 7.09. The van der Waals surface area contributed by atoms with Gasteiger partial charge in [0.1, 0.15) is 24.5 Å². The number of ether oxygens (including phenoxy) is 1. The van der Waals surface area contributed by atoms with Crippen molar-refractivity contribution in [3.05, 3.63) is 72.3 Å². The molecule has 3 aliphatic rings. The lowest BCUT2D eigenvalue weighted by atomic mass is 9.95. The van der Waals surface area contributed by atoms with Crippen LogP contribution in [-0.2, 0) is 19.1 Å². The maximum absolute atomic E-state index is 13.8. The van der Waals surface area contributed by atoms with Crippen LogP contribution in [0, 0.1) is 11.8 Å². The highest BCUT2D eigenvalue weighted by atomic mass is 32.2. The first-order valence-corrected chi connectivity index (χ1v) is 22.4. The number of imidazole rings is 1. The van der Waals surface area contributed by atoms with Gasteiger partial charge < -0.3 is 35.3 Å². The number of likely N-dealkylation sites (tertiary alicyclic amines) is 2. The number of aromatic nitrogens is 2. The average molecular weight is 830 g/mol. The van der Waals surface area contributed by atoms with Gasteiger partial charge in [-0.25, -0.2) is 9.78 Å². The van der Waals surface area contributed by atoms with E-state index in [2.05, 4.69) is 70.4 Å². The van der Waals surface area contributed by atoms with Crippen molar-refractivity contribution >= 4 is 58.6 Å². The maximum Gasteiger partial charge on any atom is 0.407 e. The van der Waals surface area contributed by atoms with E-state index in [9.17, 15) is 24.3 Å². The number of aliphatic imine (C=N–C) groups is 1. The highest BCUT2D eigenvalue weighted by Crippen LogP contribution is 2.38. The van der Waals surface area contributed by atoms with Gasteiger partial charge in [0, 0.05) is 41.9 Å². The number of nitrogens with one attached hydrogen (secondary N) is 3. The number of nitrogens with zero attached hydrogens (tertiary/aromatic N) is 4. The zero-order chi connectivity index (χ0) is 41.7. The van der Waals surface area contributed by atoms with Crippen molar-refractivity contribution in [1.29, 1.82) is 0 Å². The lowest BCUT2D eigenvalue weighted by Crippen LogP contribution is -2.53. The van der Waals surface area contributed by atoms with Gasteiger partial charge in [-0.15, -0.1) is 0 Å². The third-order valence-corrected chi connectivity index (χ3v) is 13.4. The second kappa shape index (κ2) is 19.0. The summed E-state index contributed by atoms with van der Waals surface area (Å²) in [6, 6.07) is 14.9. The van der Waals surface area contributed by atoms with Crippen LogP contribution in [0.25, 0.3) is 28.0 Å². The number of amides is 4. The van der Waals surface area contributed by atoms with Crippen molar-refractivity contribution in [2.45, 2.75) is 81.6 Å². The van der Waals surface area contributed by atoms with Crippen LogP contribution in [0.15, 0.2) is 65.9 Å². The van der Waals surface area contributed by atoms with Crippen LogP contribution in [0.2, 0.25) is 0 Å². The Balaban J connectivity index is 1.10. The maximum atomic E-state index is 13.8. The molecule has 4 N–H and O–H groups in total. The summed E-state index contributed by atoms with van der Waals surface area (Å²) in [4.78, 5) is 68.4. The van der Waals surface area contributed by atoms with Crippen molar-refractivity contribution in [2.24, 2.45) is 16.8 Å². The molecule has 2 fully saturated rings. The fourth-order valence-electron chi connectivity index (χ4n) is 7.99. The molecule has 1 aromatic heterocycles. The van der Waals surface area contributed by atoms with Gasteiger partial charge >= 0.3 is 6.09 Å². The van der Waals surface area contributed by atoms with Crippen LogP contribution < -0.4 is 10.6 Å². The number of aliphatic hydroxyl groups excluding tert-OH is 1. The highest BCUT2D eigenvalue weighted by Gasteiger charge is 2.43. The molecule has 58 heavy (non-hydrogen) atoms. The van der Waals surface area contributed by atoms with E-state index < -0.39 is 30.7 Å². The Morgan fingerprint density at radius 2 is 1.33 bits per heavy atom. The summed E-state index contributed by atoms with van der Waals surface area (Å²) in [6.45, 7) is 8.09. The normalized spacial score (nSPS) is 21.6. The zero-order valence-electron chi connectivity index (χ0n) is 34.2. The summed E-state index contributed by atoms with van der Waals surface area (Å²) in [7, 11) is 1.30. The molecule has 4 heterocycles. The number of aromatic amines is 1. The number of aliphatic hydroxyl groups is 1. The standard InChI is InChI=1S/C43H55N7O6S2/c1-24(2)38(47-37(52)23-51)41(53)50-22-32(58-7)18-36(50)40-45-20-34(46-40)29-14-12-27(13-15-29)26-8-10-28(11-9-26)30-16-33(44-19-30)35-17-31(57-6)21-49(35)42(54)39(25(3)4)48-43(55)56-5/h8-15,19-20,24-25,31-32,35-36,38-39,51H,16-18,21-23H2,1-7H3,(H,45,46)(H,47,52)(H,48,55)/t31-,32-,35-,36-,38-,39-/m0/s1. The number of H-pyrrole nitrogens is 1. The molecular weight excluding hydrogens is 775 g/mol. The molecule has 3 aliphatic heterocycles. The Hall–Kier alpha value is -4.60. The molecule has 2 aromatic carbocycles. The molecule has 2 saturated heterocycles. The van der Waals surface area contributed by atoms with Crippen LogP contribution in [0.4, 0.5) is 4.79 Å². The number of thioether (sulfide) groups is 2. The molecule has 6 rings (SSSR count). The van der Waals surface area contributed by atoms with Crippen molar-refractivity contribution in [1.82, 2.24) is 30.4 Å². The van der Waals surface area contributed by atoms with Gasteiger partial charge in [0.15, 0.2) is 0 Å². The molecule has 0 aliphatic carbocycles. The van der Waals surface area contributed by atoms with Gasteiger partial charge in [-0.1, -0.05) is 76.2 Å². The Morgan fingerprint density at radius 1 is 0.810 bits per heavy atom. The Kier molecular flexibility index (Phi) is 14.1. The summed E-state index contributed by atoms with van der Waals surface area (Å²) >= 11 is 3.46. The van der Waals surface area contributed by atoms with E-state index in [4.69, 9.17) is 14.7 Å². The number of methoxy groups -OCH3 is 1. The summed E-state index contributed by atoms with van der Waals surface area (Å²) in [6.07, 6.45) is 9.41. The van der Waals surface area contributed by atoms with Gasteiger partial charge in [-0.3, -0.25) is 19.4 Å². The fourth-order valence-corrected chi connectivity index (χ4v) is 9.36. The first-order valence-electron chi connectivity index (χ1n) is 19.8. The predicted octanol–water partition coefficient (Wildman–Crippen LogP) is 5.78. The smallest absolute Gasteiger partial charge is 0.407 e. The minimum Gasteiger partial charge on any atom is -0.453 e. The monoisotopic (exact) mass is 829 g/mol. The lowest BCUT2D eigenvalue weighted by molar-refractivity contribution is -0.139. The molecule has 6 atom stereocenters. The predicted molar refractivity (Wildman–Crippen MR) is 231 cm³/mol. The van der Waals surface area contributed by atoms with E-state index in [0.717, 1.165) is 52.1 Å². The number of alkyl carbamates (subject to hydrolysis) is 1. The van der Waals surface area contributed by atoms with Gasteiger partial charge in [0.05, 0.1) is 31.1 Å². The van der Waals surface area contributed by atoms with Gasteiger partial charge in [-0.2, -0.15) is 23.5 Å². The van der Waals surface area contributed by atoms with Crippen LogP contribution in [-0.4, -0.2) is 122 Å². The van der Waals surface area contributed by atoms with Crippen LogP contribution in [0.3, 0.4) is 0 Å². The number of carbonyl (C=O) groups is 4. The first kappa shape index (κ1) is 43.0. The number of carbonyl (C=O) groups excluding carboxylic acids is 4. The molecule has 3 aromatic rings. The number of benzene rings is 2. The highest BCUT2D eigenvalue weighted by molar-refractivity contribution is 7.99. The van der Waals surface area contributed by atoms with E-state index in [1.165, 1.54) is 7.11 Å². The molecular formula is C43H55N7O6S2. The molecule has 15 heteroatoms. The molecule has 0 unspecified atom stereocenters. The Labute approximate surface area is 349 Å². The Bertz CT molecular complexity index is 2010. The molecule has 0 saturated carbocycles. The summed E-state index contributed by atoms with van der Waals surface area (Å²) in [5.74, 6) is -0.405. The number of hydrogen-bond acceptors (Lipinski definition) is 10. The van der Waals surface area contributed by atoms with Crippen molar-refractivity contribution < 1.29 is 29.0 Å². The largest absolute Gasteiger partial charge is 0.453 e. The molecule has 0 spiro atoms. The topological polar surface area (TPSA) is 169 Å².